The first kappa shape index (κ1) is 13.5. The summed E-state index contributed by atoms with van der Waals surface area (Å²) in [5, 5.41) is 8.48. The van der Waals surface area contributed by atoms with Crippen LogP contribution in [-0.2, 0) is 10.0 Å². The molecule has 0 saturated heterocycles. The van der Waals surface area contributed by atoms with Gasteiger partial charge in [-0.05, 0) is 31.1 Å². The van der Waals surface area contributed by atoms with E-state index in [0.29, 0.717) is 5.41 Å². The van der Waals surface area contributed by atoms with Crippen molar-refractivity contribution in [1.29, 1.82) is 5.26 Å². The van der Waals surface area contributed by atoms with Crippen LogP contribution in [0.15, 0.2) is 0 Å². The van der Waals surface area contributed by atoms with Crippen LogP contribution in [0.2, 0.25) is 0 Å². The van der Waals surface area contributed by atoms with Gasteiger partial charge in [0.05, 0.1) is 6.07 Å². The van der Waals surface area contributed by atoms with Crippen molar-refractivity contribution in [2.75, 3.05) is 12.8 Å². The monoisotopic (exact) mass is 244 g/mol. The number of nitrogens with zero attached hydrogens (tertiary/aromatic N) is 2. The number of sulfonamides is 1. The van der Waals surface area contributed by atoms with Crippen molar-refractivity contribution in [2.24, 2.45) is 5.41 Å². The van der Waals surface area contributed by atoms with Crippen LogP contribution >= 0.6 is 0 Å². The summed E-state index contributed by atoms with van der Waals surface area (Å²) in [5.41, 5.74) is 0.330. The summed E-state index contributed by atoms with van der Waals surface area (Å²) in [6.07, 6.45) is 3.89. The molecule has 1 fully saturated rings. The van der Waals surface area contributed by atoms with Crippen LogP contribution in [0.25, 0.3) is 0 Å². The quantitative estimate of drug-likeness (QED) is 0.759. The maximum atomic E-state index is 11.7. The fraction of sp³-hybridized carbons (Fsp3) is 0.909. The zero-order valence-corrected chi connectivity index (χ0v) is 11.0. The van der Waals surface area contributed by atoms with Gasteiger partial charge in [0.1, 0.15) is 0 Å². The molecule has 0 heterocycles. The maximum absolute atomic E-state index is 11.7. The molecule has 0 aliphatic heterocycles. The van der Waals surface area contributed by atoms with E-state index in [1.807, 2.05) is 0 Å². The lowest BCUT2D eigenvalue weighted by atomic mass is 9.76. The molecule has 5 heteroatoms. The second kappa shape index (κ2) is 4.72. The van der Waals surface area contributed by atoms with E-state index >= 15 is 0 Å². The molecule has 0 spiro atoms. The van der Waals surface area contributed by atoms with Gasteiger partial charge in [0, 0.05) is 13.1 Å². The van der Waals surface area contributed by atoms with Gasteiger partial charge in [0.2, 0.25) is 10.0 Å². The lowest BCUT2D eigenvalue weighted by Gasteiger charge is -2.37. The molecular weight excluding hydrogens is 224 g/mol. The Kier molecular flexibility index (Phi) is 3.97. The third-order valence-electron chi connectivity index (χ3n) is 3.51. The van der Waals surface area contributed by atoms with Gasteiger partial charge >= 0.3 is 0 Å². The van der Waals surface area contributed by atoms with E-state index in [1.165, 1.54) is 4.31 Å². The Morgan fingerprint density at radius 1 is 1.38 bits per heavy atom. The molecule has 0 bridgehead atoms. The van der Waals surface area contributed by atoms with E-state index in [1.54, 1.807) is 13.1 Å². The predicted molar refractivity (Wildman–Crippen MR) is 63.2 cm³/mol. The Morgan fingerprint density at radius 3 is 2.31 bits per heavy atom. The summed E-state index contributed by atoms with van der Waals surface area (Å²) in [6, 6.07) is 1.79. The van der Waals surface area contributed by atoms with Gasteiger partial charge in [0.25, 0.3) is 0 Å². The molecule has 0 radical (unpaired) electrons. The van der Waals surface area contributed by atoms with E-state index in [9.17, 15) is 8.42 Å². The van der Waals surface area contributed by atoms with Gasteiger partial charge in [-0.15, -0.1) is 0 Å². The summed E-state index contributed by atoms with van der Waals surface area (Å²) >= 11 is 0. The van der Waals surface area contributed by atoms with Gasteiger partial charge in [0.15, 0.2) is 5.75 Å². The second-order valence-electron chi connectivity index (χ2n) is 5.33. The lowest BCUT2D eigenvalue weighted by Crippen LogP contribution is -2.41. The highest BCUT2D eigenvalue weighted by Gasteiger charge is 2.33. The van der Waals surface area contributed by atoms with Crippen molar-refractivity contribution < 1.29 is 8.42 Å². The molecular formula is C11H20N2O2S. The number of nitriles is 1. The highest BCUT2D eigenvalue weighted by Crippen LogP contribution is 2.37. The molecule has 1 saturated carbocycles. The first-order valence-electron chi connectivity index (χ1n) is 5.61. The highest BCUT2D eigenvalue weighted by atomic mass is 32.2. The molecule has 0 unspecified atom stereocenters. The Hall–Kier alpha value is -0.600. The minimum atomic E-state index is -3.38. The van der Waals surface area contributed by atoms with E-state index in [2.05, 4.69) is 13.8 Å². The number of hydrogen-bond acceptors (Lipinski definition) is 3. The van der Waals surface area contributed by atoms with Gasteiger partial charge in [-0.1, -0.05) is 13.8 Å². The molecule has 92 valence electrons. The molecule has 4 nitrogen and oxygen atoms in total. The Bertz CT molecular complexity index is 371. The summed E-state index contributed by atoms with van der Waals surface area (Å²) < 4.78 is 24.8. The first-order chi connectivity index (χ1) is 7.28. The fourth-order valence-corrected chi connectivity index (χ4v) is 3.19. The highest BCUT2D eigenvalue weighted by molar-refractivity contribution is 7.89. The summed E-state index contributed by atoms with van der Waals surface area (Å²) in [5.74, 6) is -0.413. The van der Waals surface area contributed by atoms with Crippen LogP contribution < -0.4 is 0 Å². The molecule has 1 rings (SSSR count). The Morgan fingerprint density at radius 2 is 1.88 bits per heavy atom. The zero-order valence-electron chi connectivity index (χ0n) is 10.2. The van der Waals surface area contributed by atoms with E-state index in [0.717, 1.165) is 25.7 Å². The molecule has 0 amide bonds. The molecule has 0 aromatic carbocycles. The van der Waals surface area contributed by atoms with Gasteiger partial charge in [-0.25, -0.2) is 12.7 Å². The number of rotatable bonds is 3. The van der Waals surface area contributed by atoms with Gasteiger partial charge < -0.3 is 0 Å². The average Bonchev–Trinajstić information content (AvgIpc) is 2.16. The minimum absolute atomic E-state index is 0.0753. The van der Waals surface area contributed by atoms with Crippen LogP contribution in [0.4, 0.5) is 0 Å². The van der Waals surface area contributed by atoms with E-state index in [4.69, 9.17) is 5.26 Å². The topological polar surface area (TPSA) is 61.2 Å². The molecule has 16 heavy (non-hydrogen) atoms. The molecule has 1 aliphatic carbocycles. The minimum Gasteiger partial charge on any atom is -0.211 e. The number of hydrogen-bond donors (Lipinski definition) is 0. The van der Waals surface area contributed by atoms with Crippen molar-refractivity contribution in [3.05, 3.63) is 0 Å². The van der Waals surface area contributed by atoms with Crippen LogP contribution in [0.1, 0.15) is 39.5 Å². The maximum Gasteiger partial charge on any atom is 0.227 e. The van der Waals surface area contributed by atoms with Crippen molar-refractivity contribution in [1.82, 2.24) is 4.31 Å². The summed E-state index contributed by atoms with van der Waals surface area (Å²) in [4.78, 5) is 0. The van der Waals surface area contributed by atoms with Crippen molar-refractivity contribution in [2.45, 2.75) is 45.6 Å². The molecule has 1 aliphatic rings. The van der Waals surface area contributed by atoms with Gasteiger partial charge in [-0.2, -0.15) is 5.26 Å². The van der Waals surface area contributed by atoms with Crippen molar-refractivity contribution in [3.8, 4) is 6.07 Å². The van der Waals surface area contributed by atoms with Gasteiger partial charge in [-0.3, -0.25) is 0 Å². The fourth-order valence-electron chi connectivity index (χ4n) is 2.16. The third-order valence-corrected chi connectivity index (χ3v) is 5.18. The Labute approximate surface area is 98.3 Å². The lowest BCUT2D eigenvalue weighted by molar-refractivity contribution is 0.174. The van der Waals surface area contributed by atoms with E-state index < -0.39 is 15.8 Å². The SMILES string of the molecule is CN(C1CCC(C)(C)CC1)S(=O)(=O)CC#N. The summed E-state index contributed by atoms with van der Waals surface area (Å²) in [6.45, 7) is 4.43. The van der Waals surface area contributed by atoms with Crippen LogP contribution in [0.5, 0.6) is 0 Å². The van der Waals surface area contributed by atoms with Crippen molar-refractivity contribution >= 4 is 10.0 Å². The molecule has 0 aromatic rings. The zero-order chi connectivity index (χ0) is 12.4. The summed E-state index contributed by atoms with van der Waals surface area (Å²) in [7, 11) is -1.78. The van der Waals surface area contributed by atoms with Crippen LogP contribution in [-0.4, -0.2) is 31.6 Å². The largest absolute Gasteiger partial charge is 0.227 e. The third kappa shape index (κ3) is 3.19. The Balaban J connectivity index is 2.65. The second-order valence-corrected chi connectivity index (χ2v) is 7.35. The smallest absolute Gasteiger partial charge is 0.211 e. The predicted octanol–water partition coefficient (Wildman–Crippen LogP) is 1.74. The first-order valence-corrected chi connectivity index (χ1v) is 7.22. The molecule has 0 atom stereocenters. The van der Waals surface area contributed by atoms with E-state index in [-0.39, 0.29) is 6.04 Å². The normalized spacial score (nSPS) is 21.9. The van der Waals surface area contributed by atoms with Crippen LogP contribution in [0.3, 0.4) is 0 Å². The van der Waals surface area contributed by atoms with Crippen molar-refractivity contribution in [3.63, 3.8) is 0 Å². The standard InChI is InChI=1S/C11H20N2O2S/c1-11(2)6-4-10(5-7-11)13(3)16(14,15)9-8-12/h10H,4-7,9H2,1-3H3. The molecule has 0 N–H and O–H groups in total. The molecule has 0 aromatic heterocycles. The average molecular weight is 244 g/mol. The van der Waals surface area contributed by atoms with Crippen LogP contribution in [0, 0.1) is 16.7 Å².